The van der Waals surface area contributed by atoms with Gasteiger partial charge in [-0.05, 0) is 48.6 Å². The van der Waals surface area contributed by atoms with Gasteiger partial charge < -0.3 is 11.1 Å². The quantitative estimate of drug-likeness (QED) is 0.897. The maximum Gasteiger partial charge on any atom is 0.221 e. The fourth-order valence-electron chi connectivity index (χ4n) is 2.69. The Kier molecular flexibility index (Phi) is 3.48. The summed E-state index contributed by atoms with van der Waals surface area (Å²) in [6.07, 6.45) is 2.73. The van der Waals surface area contributed by atoms with Crippen LogP contribution in [0.25, 0.3) is 10.9 Å². The highest BCUT2D eigenvalue weighted by atomic mass is 32.1. The fourth-order valence-corrected chi connectivity index (χ4v) is 3.66. The van der Waals surface area contributed by atoms with Gasteiger partial charge >= 0.3 is 0 Å². The summed E-state index contributed by atoms with van der Waals surface area (Å²) in [5.74, 6) is 0.260. The van der Waals surface area contributed by atoms with E-state index in [0.717, 1.165) is 24.2 Å². The third-order valence-electron chi connectivity index (χ3n) is 3.61. The van der Waals surface area contributed by atoms with Gasteiger partial charge in [0, 0.05) is 22.7 Å². The molecule has 0 bridgehead atoms. The number of carbonyl (C=O) groups is 1. The van der Waals surface area contributed by atoms with E-state index >= 15 is 0 Å². The van der Waals surface area contributed by atoms with Crippen molar-refractivity contribution >= 4 is 28.3 Å². The van der Waals surface area contributed by atoms with Crippen molar-refractivity contribution in [2.24, 2.45) is 5.73 Å². The number of nitrogens with one attached hydrogen (secondary N) is 1. The second-order valence-electron chi connectivity index (χ2n) is 5.08. The second-order valence-corrected chi connectivity index (χ2v) is 5.89. The van der Waals surface area contributed by atoms with Gasteiger partial charge in [-0.1, -0.05) is 6.07 Å². The molecule has 0 radical (unpaired) electrons. The number of aromatic nitrogens is 1. The maximum absolute atomic E-state index is 11.0. The molecule has 2 heterocycles. The smallest absolute Gasteiger partial charge is 0.221 e. The summed E-state index contributed by atoms with van der Waals surface area (Å²) in [7, 11) is 0. The Morgan fingerprint density at radius 2 is 2.42 bits per heavy atom. The van der Waals surface area contributed by atoms with Crippen molar-refractivity contribution in [2.75, 3.05) is 13.1 Å². The van der Waals surface area contributed by atoms with Crippen LogP contribution < -0.4 is 11.1 Å². The Hall–Kier alpha value is -1.46. The summed E-state index contributed by atoms with van der Waals surface area (Å²) >= 11 is 1.59. The number of piperidine rings is 1. The van der Waals surface area contributed by atoms with E-state index in [1.165, 1.54) is 23.1 Å². The number of fused-ring (bicyclic) bond motifs is 1. The Morgan fingerprint density at radius 3 is 3.16 bits per heavy atom. The van der Waals surface area contributed by atoms with E-state index in [-0.39, 0.29) is 5.91 Å². The molecule has 1 unspecified atom stereocenters. The van der Waals surface area contributed by atoms with Gasteiger partial charge in [0.2, 0.25) is 5.91 Å². The summed E-state index contributed by atoms with van der Waals surface area (Å²) in [5, 5.41) is 4.63. The second kappa shape index (κ2) is 5.27. The number of amides is 1. The van der Waals surface area contributed by atoms with Gasteiger partial charge in [0.05, 0.1) is 11.9 Å². The Labute approximate surface area is 116 Å². The van der Waals surface area contributed by atoms with Crippen molar-refractivity contribution < 1.29 is 4.79 Å². The number of benzene rings is 1. The van der Waals surface area contributed by atoms with Crippen molar-refractivity contribution in [2.45, 2.75) is 25.2 Å². The number of hydrogen-bond acceptors (Lipinski definition) is 4. The first-order valence-electron chi connectivity index (χ1n) is 6.61. The molecule has 100 valence electrons. The Morgan fingerprint density at radius 1 is 1.53 bits per heavy atom. The number of hydrogen-bond donors (Lipinski definition) is 2. The molecule has 0 aliphatic carbocycles. The van der Waals surface area contributed by atoms with Crippen molar-refractivity contribution in [1.29, 1.82) is 0 Å². The highest BCUT2D eigenvalue weighted by molar-refractivity contribution is 7.07. The number of rotatable bonds is 3. The van der Waals surface area contributed by atoms with Gasteiger partial charge in [-0.15, -0.1) is 0 Å². The van der Waals surface area contributed by atoms with Crippen molar-refractivity contribution in [1.82, 2.24) is 9.69 Å². The lowest BCUT2D eigenvalue weighted by Crippen LogP contribution is -2.27. The van der Waals surface area contributed by atoms with E-state index in [0.29, 0.717) is 12.3 Å². The van der Waals surface area contributed by atoms with E-state index < -0.39 is 0 Å². The fraction of sp³-hybridized carbons (Fsp3) is 0.429. The average molecular weight is 275 g/mol. The molecule has 0 saturated carbocycles. The lowest BCUT2D eigenvalue weighted by molar-refractivity contribution is -0.117. The van der Waals surface area contributed by atoms with Crippen molar-refractivity contribution in [3.8, 4) is 0 Å². The van der Waals surface area contributed by atoms with Crippen LogP contribution in [0.1, 0.15) is 29.2 Å². The first-order chi connectivity index (χ1) is 9.24. The van der Waals surface area contributed by atoms with Crippen LogP contribution in [0.4, 0.5) is 0 Å². The molecule has 1 aromatic heterocycles. The van der Waals surface area contributed by atoms with E-state index in [4.69, 9.17) is 5.73 Å². The lowest BCUT2D eigenvalue weighted by atomic mass is 9.95. The molecule has 2 aromatic rings. The zero-order valence-corrected chi connectivity index (χ0v) is 11.5. The number of carbonyl (C=O) groups excluding carboxylic acids is 1. The van der Waals surface area contributed by atoms with E-state index in [9.17, 15) is 4.79 Å². The molecule has 5 heteroatoms. The molecule has 1 saturated heterocycles. The van der Waals surface area contributed by atoms with Crippen LogP contribution in [0, 0.1) is 0 Å². The molecule has 4 nitrogen and oxygen atoms in total. The van der Waals surface area contributed by atoms with Gasteiger partial charge in [0.25, 0.3) is 0 Å². The number of nitrogens with two attached hydrogens (primary N) is 1. The standard InChI is InChI=1S/C14H17N3OS/c15-13(18)7-9-3-4-12-11(6-9)14(19-17-12)10-2-1-5-16-8-10/h3-4,6,10,16H,1-2,5,7-8H2,(H2,15,18). The first-order valence-corrected chi connectivity index (χ1v) is 7.38. The summed E-state index contributed by atoms with van der Waals surface area (Å²) in [4.78, 5) is 12.4. The van der Waals surface area contributed by atoms with Crippen LogP contribution in [0.15, 0.2) is 18.2 Å². The molecule has 3 rings (SSSR count). The number of primary amides is 1. The van der Waals surface area contributed by atoms with Crippen LogP contribution in [-0.2, 0) is 11.2 Å². The van der Waals surface area contributed by atoms with Gasteiger partial charge in [-0.3, -0.25) is 4.79 Å². The van der Waals surface area contributed by atoms with Crippen LogP contribution in [0.3, 0.4) is 0 Å². The van der Waals surface area contributed by atoms with Crippen LogP contribution in [-0.4, -0.2) is 23.4 Å². The van der Waals surface area contributed by atoms with Crippen LogP contribution >= 0.6 is 11.5 Å². The number of nitrogens with zero attached hydrogens (tertiary/aromatic N) is 1. The third kappa shape index (κ3) is 2.62. The summed E-state index contributed by atoms with van der Waals surface area (Å²) < 4.78 is 4.51. The minimum atomic E-state index is -0.288. The molecular formula is C14H17N3OS. The molecule has 1 atom stereocenters. The average Bonchev–Trinajstić information content (AvgIpc) is 2.82. The van der Waals surface area contributed by atoms with E-state index in [2.05, 4.69) is 15.8 Å². The van der Waals surface area contributed by atoms with Crippen molar-refractivity contribution in [3.63, 3.8) is 0 Å². The highest BCUT2D eigenvalue weighted by Crippen LogP contribution is 2.33. The summed E-state index contributed by atoms with van der Waals surface area (Å²) in [5.41, 5.74) is 7.27. The molecule has 1 aliphatic heterocycles. The van der Waals surface area contributed by atoms with Gasteiger partial charge in [0.15, 0.2) is 0 Å². The monoisotopic (exact) mass is 275 g/mol. The molecule has 0 spiro atoms. The Bertz CT molecular complexity index is 602. The van der Waals surface area contributed by atoms with Gasteiger partial charge in [0.1, 0.15) is 0 Å². The molecular weight excluding hydrogens is 258 g/mol. The largest absolute Gasteiger partial charge is 0.369 e. The van der Waals surface area contributed by atoms with Gasteiger partial charge in [-0.25, -0.2) is 0 Å². The molecule has 19 heavy (non-hydrogen) atoms. The summed E-state index contributed by atoms with van der Waals surface area (Å²) in [6, 6.07) is 6.01. The predicted molar refractivity (Wildman–Crippen MR) is 77.4 cm³/mol. The molecule has 1 aromatic carbocycles. The summed E-state index contributed by atoms with van der Waals surface area (Å²) in [6.45, 7) is 2.14. The molecule has 1 aliphatic rings. The zero-order chi connectivity index (χ0) is 13.2. The predicted octanol–water partition coefficient (Wildman–Crippen LogP) is 1.79. The lowest BCUT2D eigenvalue weighted by Gasteiger charge is -2.21. The molecule has 1 fully saturated rings. The highest BCUT2D eigenvalue weighted by Gasteiger charge is 2.20. The Balaban J connectivity index is 1.97. The maximum atomic E-state index is 11.0. The minimum absolute atomic E-state index is 0.288. The SMILES string of the molecule is NC(=O)Cc1ccc2nsc(C3CCCNC3)c2c1. The van der Waals surface area contributed by atoms with Crippen LogP contribution in [0.5, 0.6) is 0 Å². The van der Waals surface area contributed by atoms with Crippen LogP contribution in [0.2, 0.25) is 0 Å². The normalized spacial score (nSPS) is 19.7. The topological polar surface area (TPSA) is 68.0 Å². The zero-order valence-electron chi connectivity index (χ0n) is 10.7. The molecule has 1 amide bonds. The van der Waals surface area contributed by atoms with E-state index in [1.807, 2.05) is 12.1 Å². The van der Waals surface area contributed by atoms with Gasteiger partial charge in [-0.2, -0.15) is 4.37 Å². The minimum Gasteiger partial charge on any atom is -0.369 e. The first kappa shape index (κ1) is 12.6. The van der Waals surface area contributed by atoms with Crippen molar-refractivity contribution in [3.05, 3.63) is 28.6 Å². The molecule has 3 N–H and O–H groups in total. The third-order valence-corrected chi connectivity index (χ3v) is 4.65. The van der Waals surface area contributed by atoms with E-state index in [1.54, 1.807) is 11.5 Å².